The van der Waals surface area contributed by atoms with Crippen molar-refractivity contribution in [3.8, 4) is 0 Å². The molecule has 1 saturated heterocycles. The maximum Gasteiger partial charge on any atom is 0.414 e. The number of carbonyl (C=O) groups excluding carboxylic acids is 1. The quantitative estimate of drug-likeness (QED) is 0.618. The third-order valence-electron chi connectivity index (χ3n) is 4.54. The average molecular weight is 435 g/mol. The van der Waals surface area contributed by atoms with Gasteiger partial charge in [-0.15, -0.1) is 0 Å². The molecule has 0 unspecified atom stereocenters. The lowest BCUT2D eigenvalue weighted by Gasteiger charge is -2.36. The molecule has 0 spiro atoms. The number of benzene rings is 2. The van der Waals surface area contributed by atoms with E-state index in [2.05, 4.69) is 27.2 Å². The summed E-state index contributed by atoms with van der Waals surface area (Å²) in [5, 5.41) is 17.4. The summed E-state index contributed by atoms with van der Waals surface area (Å²) in [6, 6.07) is 13.6. The minimum absolute atomic E-state index is 0.198. The molecule has 0 radical (unpaired) electrons. The van der Waals surface area contributed by atoms with Crippen LogP contribution in [-0.2, 0) is 14.4 Å². The molecule has 3 rings (SSSR count). The molecule has 1 heterocycles. The second kappa shape index (κ2) is 11.6. The van der Waals surface area contributed by atoms with Crippen molar-refractivity contribution < 1.29 is 33.4 Å². The van der Waals surface area contributed by atoms with Crippen LogP contribution in [0.2, 0.25) is 0 Å². The lowest BCUT2D eigenvalue weighted by Crippen LogP contribution is -2.47. The van der Waals surface area contributed by atoms with Crippen LogP contribution in [0.15, 0.2) is 48.5 Å². The molecule has 2 aromatic carbocycles. The van der Waals surface area contributed by atoms with E-state index < -0.39 is 23.6 Å². The number of nitrogens with one attached hydrogen (secondary N) is 1. The van der Waals surface area contributed by atoms with Gasteiger partial charge in [0.05, 0.1) is 0 Å². The van der Waals surface area contributed by atoms with Gasteiger partial charge >= 0.3 is 11.9 Å². The minimum atomic E-state index is -1.82. The standard InChI is InChI=1S/C19H21F2N3O.C2H2O4/c20-17-7-6-15(14-18(17)21)22-19(25)8-9-23-10-12-24(13-11-23)16-4-2-1-3-5-16;3-1(4)2(5)6/h1-7,14H,8-13H2,(H,22,25);(H,3,4)(H,5,6). The molecule has 0 atom stereocenters. The fourth-order valence-electron chi connectivity index (χ4n) is 2.93. The van der Waals surface area contributed by atoms with Crippen LogP contribution in [-0.4, -0.2) is 65.7 Å². The highest BCUT2D eigenvalue weighted by Gasteiger charge is 2.17. The molecule has 0 saturated carbocycles. The highest BCUT2D eigenvalue weighted by molar-refractivity contribution is 6.27. The Morgan fingerprint density at radius 1 is 0.871 bits per heavy atom. The number of aliphatic carboxylic acids is 2. The minimum Gasteiger partial charge on any atom is -0.473 e. The lowest BCUT2D eigenvalue weighted by molar-refractivity contribution is -0.159. The zero-order valence-corrected chi connectivity index (χ0v) is 16.6. The third-order valence-corrected chi connectivity index (χ3v) is 4.54. The number of carbonyl (C=O) groups is 3. The summed E-state index contributed by atoms with van der Waals surface area (Å²) < 4.78 is 26.0. The van der Waals surface area contributed by atoms with Crippen molar-refractivity contribution >= 4 is 29.2 Å². The van der Waals surface area contributed by atoms with Gasteiger partial charge in [0.1, 0.15) is 0 Å². The number of amides is 1. The number of carboxylic acids is 2. The Hall–Kier alpha value is -3.53. The molecule has 31 heavy (non-hydrogen) atoms. The number of hydrogen-bond acceptors (Lipinski definition) is 5. The molecule has 1 amide bonds. The van der Waals surface area contributed by atoms with Crippen LogP contribution in [0.4, 0.5) is 20.2 Å². The highest BCUT2D eigenvalue weighted by Crippen LogP contribution is 2.16. The van der Waals surface area contributed by atoms with Crippen LogP contribution in [0.3, 0.4) is 0 Å². The predicted molar refractivity (Wildman–Crippen MR) is 110 cm³/mol. The Morgan fingerprint density at radius 2 is 1.48 bits per heavy atom. The van der Waals surface area contributed by atoms with Crippen LogP contribution in [0.1, 0.15) is 6.42 Å². The number of nitrogens with zero attached hydrogens (tertiary/aromatic N) is 2. The van der Waals surface area contributed by atoms with Gasteiger partial charge in [-0.2, -0.15) is 0 Å². The summed E-state index contributed by atoms with van der Waals surface area (Å²) in [6.07, 6.45) is 0.324. The van der Waals surface area contributed by atoms with E-state index in [1.54, 1.807) is 0 Å². The van der Waals surface area contributed by atoms with E-state index >= 15 is 0 Å². The van der Waals surface area contributed by atoms with Crippen LogP contribution < -0.4 is 10.2 Å². The fraction of sp³-hybridized carbons (Fsp3) is 0.286. The molecule has 1 fully saturated rings. The second-order valence-corrected chi connectivity index (χ2v) is 6.70. The van der Waals surface area contributed by atoms with E-state index in [0.717, 1.165) is 38.3 Å². The fourth-order valence-corrected chi connectivity index (χ4v) is 2.93. The zero-order valence-electron chi connectivity index (χ0n) is 16.6. The summed E-state index contributed by atoms with van der Waals surface area (Å²) in [5.41, 5.74) is 1.50. The predicted octanol–water partition coefficient (Wildman–Crippen LogP) is 2.27. The van der Waals surface area contributed by atoms with E-state index in [-0.39, 0.29) is 11.6 Å². The van der Waals surface area contributed by atoms with Crippen LogP contribution in [0.5, 0.6) is 0 Å². The van der Waals surface area contributed by atoms with Gasteiger partial charge in [0, 0.05) is 56.6 Å². The third kappa shape index (κ3) is 8.01. The van der Waals surface area contributed by atoms with E-state index in [1.807, 2.05) is 18.2 Å². The van der Waals surface area contributed by atoms with E-state index in [4.69, 9.17) is 19.8 Å². The summed E-state index contributed by atoms with van der Waals surface area (Å²) in [4.78, 5) is 34.7. The van der Waals surface area contributed by atoms with Crippen molar-refractivity contribution in [2.75, 3.05) is 42.9 Å². The maximum atomic E-state index is 13.1. The van der Waals surface area contributed by atoms with E-state index in [0.29, 0.717) is 13.0 Å². The molecule has 166 valence electrons. The normalized spacial score (nSPS) is 13.7. The Balaban J connectivity index is 0.000000501. The maximum absolute atomic E-state index is 13.1. The summed E-state index contributed by atoms with van der Waals surface area (Å²) in [7, 11) is 0. The number of rotatable bonds is 5. The monoisotopic (exact) mass is 435 g/mol. The molecule has 3 N–H and O–H groups in total. The lowest BCUT2D eigenvalue weighted by atomic mass is 10.2. The number of carboxylic acid groups (broad SMARTS) is 2. The number of para-hydroxylation sites is 1. The first-order valence-electron chi connectivity index (χ1n) is 9.49. The molecular weight excluding hydrogens is 412 g/mol. The Labute approximate surface area is 177 Å². The average Bonchev–Trinajstić information content (AvgIpc) is 2.76. The molecule has 8 nitrogen and oxygen atoms in total. The first-order valence-corrected chi connectivity index (χ1v) is 9.49. The van der Waals surface area contributed by atoms with Gasteiger partial charge < -0.3 is 20.4 Å². The molecule has 0 bridgehead atoms. The summed E-state index contributed by atoms with van der Waals surface area (Å²) in [6.45, 7) is 4.29. The van der Waals surface area contributed by atoms with Crippen molar-refractivity contribution in [3.63, 3.8) is 0 Å². The molecule has 1 aliphatic rings. The first-order chi connectivity index (χ1) is 14.8. The Bertz CT molecular complexity index is 891. The SMILES string of the molecule is O=C(CCN1CCN(c2ccccc2)CC1)Nc1ccc(F)c(F)c1.O=C(O)C(=O)O. The smallest absolute Gasteiger partial charge is 0.414 e. The van der Waals surface area contributed by atoms with Crippen LogP contribution >= 0.6 is 0 Å². The topological polar surface area (TPSA) is 110 Å². The van der Waals surface area contributed by atoms with E-state index in [9.17, 15) is 13.6 Å². The van der Waals surface area contributed by atoms with Gasteiger partial charge in [0.2, 0.25) is 5.91 Å². The second-order valence-electron chi connectivity index (χ2n) is 6.70. The van der Waals surface area contributed by atoms with Crippen molar-refractivity contribution in [2.45, 2.75) is 6.42 Å². The molecule has 1 aliphatic heterocycles. The van der Waals surface area contributed by atoms with Gasteiger partial charge in [-0.3, -0.25) is 9.69 Å². The van der Waals surface area contributed by atoms with Crippen molar-refractivity contribution in [2.24, 2.45) is 0 Å². The van der Waals surface area contributed by atoms with Gasteiger partial charge in [-0.1, -0.05) is 18.2 Å². The largest absolute Gasteiger partial charge is 0.473 e. The molecule has 2 aromatic rings. The van der Waals surface area contributed by atoms with Crippen molar-refractivity contribution in [3.05, 3.63) is 60.2 Å². The molecule has 10 heteroatoms. The number of piperazine rings is 1. The number of hydrogen-bond donors (Lipinski definition) is 3. The van der Waals surface area contributed by atoms with Crippen molar-refractivity contribution in [1.29, 1.82) is 0 Å². The van der Waals surface area contributed by atoms with Gasteiger partial charge in [0.15, 0.2) is 11.6 Å². The zero-order chi connectivity index (χ0) is 22.8. The van der Waals surface area contributed by atoms with Crippen molar-refractivity contribution in [1.82, 2.24) is 4.90 Å². The Kier molecular flexibility index (Phi) is 8.89. The summed E-state index contributed by atoms with van der Waals surface area (Å²) in [5.74, 6) is -5.73. The van der Waals surface area contributed by atoms with Crippen LogP contribution in [0.25, 0.3) is 0 Å². The molecule has 0 aromatic heterocycles. The first kappa shape index (κ1) is 23.7. The number of anilines is 2. The molecular formula is C21H23F2N3O5. The molecule has 0 aliphatic carbocycles. The van der Waals surface area contributed by atoms with Gasteiger partial charge in [0.25, 0.3) is 0 Å². The van der Waals surface area contributed by atoms with E-state index in [1.165, 1.54) is 11.8 Å². The highest BCUT2D eigenvalue weighted by atomic mass is 19.2. The van der Waals surface area contributed by atoms with Gasteiger partial charge in [-0.25, -0.2) is 18.4 Å². The Morgan fingerprint density at radius 3 is 2.03 bits per heavy atom. The van der Waals surface area contributed by atoms with Crippen LogP contribution in [0, 0.1) is 11.6 Å². The number of halogens is 2. The summed E-state index contributed by atoms with van der Waals surface area (Å²) >= 11 is 0. The van der Waals surface area contributed by atoms with Gasteiger partial charge in [-0.05, 0) is 24.3 Å².